The molecule has 1 saturated carbocycles. The third-order valence-corrected chi connectivity index (χ3v) is 12.3. The zero-order valence-corrected chi connectivity index (χ0v) is 39.8. The molecule has 69 heavy (non-hydrogen) atoms. The Morgan fingerprint density at radius 1 is 0.696 bits per heavy atom. The summed E-state index contributed by atoms with van der Waals surface area (Å²) < 4.78 is 23.4. The Bertz CT molecular complexity index is 1680. The minimum Gasteiger partial charge on any atom is -0.462 e. The van der Waals surface area contributed by atoms with Crippen molar-refractivity contribution in [2.24, 2.45) is 17.6 Å². The minimum absolute atomic E-state index is 0.0548. The van der Waals surface area contributed by atoms with Crippen molar-refractivity contribution in [1.29, 1.82) is 0 Å². The van der Waals surface area contributed by atoms with Crippen LogP contribution in [0.3, 0.4) is 0 Å². The van der Waals surface area contributed by atoms with Crippen LogP contribution >= 0.6 is 0 Å². The van der Waals surface area contributed by atoms with Gasteiger partial charge in [-0.15, -0.1) is 0 Å². The molecule has 2 heterocycles. The first kappa shape index (κ1) is 59.8. The zero-order valence-electron chi connectivity index (χ0n) is 39.8. The van der Waals surface area contributed by atoms with Crippen LogP contribution in [0, 0.1) is 11.8 Å². The summed E-state index contributed by atoms with van der Waals surface area (Å²) in [6.45, 7) is 2.51. The first-order valence-corrected chi connectivity index (χ1v) is 24.1. The highest BCUT2D eigenvalue weighted by molar-refractivity contribution is 5.80. The van der Waals surface area contributed by atoms with Gasteiger partial charge in [-0.3, -0.25) is 9.59 Å². The van der Waals surface area contributed by atoms with Gasteiger partial charge in [0.05, 0.1) is 92.1 Å². The summed E-state index contributed by atoms with van der Waals surface area (Å²) in [5, 5.41) is 119. The molecular weight excluding hydrogens is 901 g/mol. The number of aliphatic hydroxyl groups is 11. The molecule has 0 aromatic heterocycles. The number of nitrogens with two attached hydrogens (primary N) is 1. The minimum atomic E-state index is -1.46. The normalized spacial score (nSPS) is 40.3. The highest BCUT2D eigenvalue weighted by Crippen LogP contribution is 2.28. The van der Waals surface area contributed by atoms with E-state index in [1.54, 1.807) is 61.6 Å². The molecule has 0 aromatic carbocycles. The number of hydrogen-bond donors (Lipinski definition) is 13. The number of allylic oxidation sites excluding steroid dienone is 12. The zero-order chi connectivity index (χ0) is 50.9. The predicted molar refractivity (Wildman–Crippen MR) is 254 cm³/mol. The third-order valence-electron chi connectivity index (χ3n) is 12.3. The molecule has 0 bridgehead atoms. The highest BCUT2D eigenvalue weighted by Gasteiger charge is 2.42. The molecule has 3 aliphatic rings. The molecule has 6 unspecified atom stereocenters. The number of hydrogen-bond acceptors (Lipinski definition) is 18. The van der Waals surface area contributed by atoms with Crippen LogP contribution < -0.4 is 11.1 Å². The number of carbonyl (C=O) groups is 2. The number of ether oxygens (including phenoxy) is 4. The molecule has 16 atom stereocenters. The first-order valence-electron chi connectivity index (χ1n) is 24.1. The van der Waals surface area contributed by atoms with Gasteiger partial charge in [0.25, 0.3) is 0 Å². The summed E-state index contributed by atoms with van der Waals surface area (Å²) >= 11 is 0. The number of nitrogens with one attached hydrogen (secondary N) is 1. The van der Waals surface area contributed by atoms with E-state index in [1.807, 2.05) is 37.3 Å². The molecular formula is C50H80N2O17. The van der Waals surface area contributed by atoms with Crippen molar-refractivity contribution in [3.05, 3.63) is 85.1 Å². The molecule has 19 nitrogen and oxygen atoms in total. The first-order chi connectivity index (χ1) is 32.9. The molecule has 0 radical (unpaired) electrons. The Balaban J connectivity index is 1.89. The van der Waals surface area contributed by atoms with E-state index in [0.717, 1.165) is 0 Å². The van der Waals surface area contributed by atoms with Crippen molar-refractivity contribution in [1.82, 2.24) is 5.32 Å². The van der Waals surface area contributed by atoms with Gasteiger partial charge in [-0.05, 0) is 51.9 Å². The van der Waals surface area contributed by atoms with Crippen LogP contribution in [0.25, 0.3) is 0 Å². The fourth-order valence-corrected chi connectivity index (χ4v) is 7.98. The van der Waals surface area contributed by atoms with Crippen LogP contribution in [0.4, 0.5) is 0 Å². The smallest absolute Gasteiger partial charge is 0.308 e. The highest BCUT2D eigenvalue weighted by atomic mass is 16.7. The summed E-state index contributed by atoms with van der Waals surface area (Å²) in [5.41, 5.74) is 6.02. The maximum atomic E-state index is 13.9. The lowest BCUT2D eigenvalue weighted by atomic mass is 9.86. The SMILES string of the molecule is C[C@H]1C[C@H](O)[C@@H](C)/C=C/C=C/C=C/C=C/C=C/C=C/C=C/C(O[C@@H]2OC[C@@H](O)[C@H](N)[C@H]2O)C[C@@H](C(C(=O)N[C@H]2C[C@@H](O)C2)[C@@H](O)CCO)OCC[C@@H](O)CC(O)C(O)CCC(O)CC(O)CC(=O)O1. The number of carbonyl (C=O) groups excluding carboxylic acids is 2. The fourth-order valence-electron chi connectivity index (χ4n) is 7.98. The van der Waals surface area contributed by atoms with E-state index in [0.29, 0.717) is 12.8 Å². The van der Waals surface area contributed by atoms with Gasteiger partial charge in [0.1, 0.15) is 12.2 Å². The van der Waals surface area contributed by atoms with Gasteiger partial charge in [-0.2, -0.15) is 0 Å². The summed E-state index contributed by atoms with van der Waals surface area (Å²) in [6.07, 6.45) is 7.78. The lowest BCUT2D eigenvalue weighted by Gasteiger charge is -2.39. The van der Waals surface area contributed by atoms with Crippen LogP contribution in [0.1, 0.15) is 84.5 Å². The lowest BCUT2D eigenvalue weighted by Crippen LogP contribution is -2.58. The van der Waals surface area contributed by atoms with E-state index in [4.69, 9.17) is 24.7 Å². The van der Waals surface area contributed by atoms with Gasteiger partial charge >= 0.3 is 5.97 Å². The van der Waals surface area contributed by atoms with Crippen molar-refractivity contribution in [2.75, 3.05) is 19.8 Å². The predicted octanol–water partition coefficient (Wildman–Crippen LogP) is -0.0778. The van der Waals surface area contributed by atoms with Crippen LogP contribution in [0.15, 0.2) is 85.1 Å². The van der Waals surface area contributed by atoms with Crippen LogP contribution in [-0.2, 0) is 28.5 Å². The van der Waals surface area contributed by atoms with Gasteiger partial charge in [0.15, 0.2) is 6.29 Å². The number of esters is 1. The molecule has 0 aromatic rings. The second kappa shape index (κ2) is 32.5. The Hall–Kier alpha value is -3.48. The third kappa shape index (κ3) is 23.1. The number of rotatable bonds is 8. The Kier molecular flexibility index (Phi) is 28.2. The molecule has 1 aliphatic carbocycles. The standard InChI is InChI=1S/C50H80N2O17/c1-31-15-13-11-9-7-5-3-4-6-8-10-12-14-16-38(69-50-48(64)47(51)43(62)30-67-50)29-44(46(40(59)19-21-53)49(65)52-33-24-36(56)25-33)66-22-20-35(55)27-42(61)39(58)18-17-34(54)26-37(57)28-45(63)68-32(2)23-41(31)60/h3-16,31-44,46-48,50,53-62,64H,17-30,51H2,1-2H3,(H,52,65)/b4-3+,7-5+,8-6+,11-9+,12-10+,15-13+,16-14+/t31-,32-,33-,34?,35+,36+,37?,38?,39?,40-,41-,42?,43+,44-,46?,47-,48+,50-/m0/s1. The largest absolute Gasteiger partial charge is 0.462 e. The van der Waals surface area contributed by atoms with E-state index in [9.17, 15) is 65.8 Å². The van der Waals surface area contributed by atoms with Gasteiger partial charge in [-0.1, -0.05) is 92.0 Å². The molecule has 392 valence electrons. The summed E-state index contributed by atoms with van der Waals surface area (Å²) in [7, 11) is 0. The van der Waals surface area contributed by atoms with Crippen LogP contribution in [0.5, 0.6) is 0 Å². The van der Waals surface area contributed by atoms with E-state index in [1.165, 1.54) is 0 Å². The Labute approximate surface area is 405 Å². The Morgan fingerprint density at radius 2 is 1.29 bits per heavy atom. The number of amides is 1. The van der Waals surface area contributed by atoms with E-state index < -0.39 is 123 Å². The quantitative estimate of drug-likeness (QED) is 0.142. The average molecular weight is 981 g/mol. The maximum absolute atomic E-state index is 13.9. The van der Waals surface area contributed by atoms with Gasteiger partial charge in [0.2, 0.25) is 5.91 Å². The summed E-state index contributed by atoms with van der Waals surface area (Å²) in [4.78, 5) is 26.4. The van der Waals surface area contributed by atoms with Crippen molar-refractivity contribution < 1.29 is 84.7 Å². The molecule has 2 fully saturated rings. The second-order valence-corrected chi connectivity index (χ2v) is 18.4. The van der Waals surface area contributed by atoms with Crippen molar-refractivity contribution >= 4 is 11.9 Å². The molecule has 0 spiro atoms. The molecule has 1 saturated heterocycles. The molecule has 1 amide bonds. The van der Waals surface area contributed by atoms with Crippen molar-refractivity contribution in [3.8, 4) is 0 Å². The van der Waals surface area contributed by atoms with E-state index in [-0.39, 0.29) is 76.5 Å². The topological polar surface area (TPSA) is 332 Å². The van der Waals surface area contributed by atoms with Crippen molar-refractivity contribution in [3.63, 3.8) is 0 Å². The maximum Gasteiger partial charge on any atom is 0.308 e. The second-order valence-electron chi connectivity index (χ2n) is 18.4. The number of aliphatic hydroxyl groups excluding tert-OH is 11. The van der Waals surface area contributed by atoms with E-state index in [2.05, 4.69) is 5.32 Å². The molecule has 3 rings (SSSR count). The van der Waals surface area contributed by atoms with Crippen LogP contribution in [0.2, 0.25) is 0 Å². The monoisotopic (exact) mass is 981 g/mol. The lowest BCUT2D eigenvalue weighted by molar-refractivity contribution is -0.255. The number of cyclic esters (lactones) is 1. The molecule has 14 N–H and O–H groups in total. The Morgan fingerprint density at radius 3 is 1.90 bits per heavy atom. The fraction of sp³-hybridized carbons (Fsp3) is 0.680. The molecule has 2 aliphatic heterocycles. The van der Waals surface area contributed by atoms with Crippen LogP contribution in [-0.4, -0.2) is 186 Å². The summed E-state index contributed by atoms with van der Waals surface area (Å²) in [5.74, 6) is -2.92. The van der Waals surface area contributed by atoms with Gasteiger partial charge in [-0.25, -0.2) is 0 Å². The average Bonchev–Trinajstić information content (AvgIpc) is 3.27. The van der Waals surface area contributed by atoms with Crippen molar-refractivity contribution in [2.45, 2.75) is 182 Å². The molecule has 19 heteroatoms. The van der Waals surface area contributed by atoms with E-state index >= 15 is 0 Å². The van der Waals surface area contributed by atoms with Gasteiger partial charge in [0, 0.05) is 44.4 Å². The van der Waals surface area contributed by atoms with Gasteiger partial charge < -0.3 is 86.2 Å². The summed E-state index contributed by atoms with van der Waals surface area (Å²) in [6, 6.07) is -1.49.